The fraction of sp³-hybridized carbons (Fsp3) is 0.667. The molecule has 0 bridgehead atoms. The Morgan fingerprint density at radius 3 is 1.12 bits per heavy atom. The molecule has 0 aromatic carbocycles. The lowest BCUT2D eigenvalue weighted by atomic mass is 10.3. The van der Waals surface area contributed by atoms with Gasteiger partial charge in [-0.2, -0.15) is 26.3 Å². The van der Waals surface area contributed by atoms with E-state index in [2.05, 4.69) is 21.3 Å². The zero-order valence-electron chi connectivity index (χ0n) is 21.0. The normalized spacial score (nSPS) is 12.2. The maximum absolute atomic E-state index is 11.7. The topological polar surface area (TPSA) is 243 Å². The van der Waals surface area contributed by atoms with E-state index in [0.29, 0.717) is 24.6 Å². The van der Waals surface area contributed by atoms with Gasteiger partial charge in [-0.25, -0.2) is 9.59 Å². The van der Waals surface area contributed by atoms with Crippen LogP contribution in [0.2, 0.25) is 0 Å². The summed E-state index contributed by atoms with van der Waals surface area (Å²) in [7, 11) is 3.11. The Balaban J connectivity index is -0.000000795. The van der Waals surface area contributed by atoms with Gasteiger partial charge in [-0.3, -0.25) is 19.2 Å². The van der Waals surface area contributed by atoms with E-state index in [1.807, 2.05) is 0 Å². The number of hydrogen-bond acceptors (Lipinski definition) is 10. The third-order valence-electron chi connectivity index (χ3n) is 3.45. The second-order valence-corrected chi connectivity index (χ2v) is 9.52. The SMILES string of the molecule is C[C@H](NC(=O)CN)C(=O)NCCSSCCNC(=O)[C@H](C)NC(=O)CN.O=C(O)C(F)(F)F.O=C(O)C(F)(F)F. The minimum atomic E-state index is -5.08. The van der Waals surface area contributed by atoms with E-state index in [0.717, 1.165) is 0 Å². The average Bonchev–Trinajstić information content (AvgIpc) is 2.84. The smallest absolute Gasteiger partial charge is 0.475 e. The number of amides is 4. The van der Waals surface area contributed by atoms with Crippen molar-refractivity contribution in [1.29, 1.82) is 0 Å². The van der Waals surface area contributed by atoms with Gasteiger partial charge in [0.2, 0.25) is 23.6 Å². The first-order chi connectivity index (χ1) is 18.2. The lowest BCUT2D eigenvalue weighted by Gasteiger charge is -2.14. The predicted molar refractivity (Wildman–Crippen MR) is 132 cm³/mol. The highest BCUT2D eigenvalue weighted by atomic mass is 33.1. The lowest BCUT2D eigenvalue weighted by Crippen LogP contribution is -2.47. The molecule has 0 fully saturated rings. The van der Waals surface area contributed by atoms with Crippen LogP contribution in [0.5, 0.6) is 0 Å². The molecule has 0 saturated carbocycles. The van der Waals surface area contributed by atoms with Crippen molar-refractivity contribution in [3.63, 3.8) is 0 Å². The van der Waals surface area contributed by atoms with E-state index in [4.69, 9.17) is 31.3 Å². The molecule has 0 aliphatic heterocycles. The summed E-state index contributed by atoms with van der Waals surface area (Å²) in [6.07, 6.45) is -10.2. The summed E-state index contributed by atoms with van der Waals surface area (Å²) in [5, 5.41) is 24.6. The molecule has 14 nitrogen and oxygen atoms in total. The third-order valence-corrected chi connectivity index (χ3v) is 5.86. The van der Waals surface area contributed by atoms with Gasteiger partial charge in [-0.05, 0) is 13.8 Å². The minimum Gasteiger partial charge on any atom is -0.475 e. The van der Waals surface area contributed by atoms with Gasteiger partial charge in [0.05, 0.1) is 13.1 Å². The van der Waals surface area contributed by atoms with Crippen LogP contribution >= 0.6 is 21.6 Å². The Kier molecular flexibility index (Phi) is 22.6. The van der Waals surface area contributed by atoms with Crippen LogP contribution in [0.15, 0.2) is 0 Å². The second kappa shape index (κ2) is 21.8. The number of hydrogen-bond donors (Lipinski definition) is 8. The Morgan fingerprint density at radius 1 is 0.675 bits per heavy atom. The lowest BCUT2D eigenvalue weighted by molar-refractivity contribution is -0.193. The molecule has 10 N–H and O–H groups in total. The summed E-state index contributed by atoms with van der Waals surface area (Å²) in [5.41, 5.74) is 10.3. The van der Waals surface area contributed by atoms with E-state index < -0.39 is 36.4 Å². The second-order valence-electron chi connectivity index (χ2n) is 6.82. The monoisotopic (exact) mass is 636 g/mol. The van der Waals surface area contributed by atoms with Crippen molar-refractivity contribution in [1.82, 2.24) is 21.3 Å². The fourth-order valence-corrected chi connectivity index (χ4v) is 3.40. The summed E-state index contributed by atoms with van der Waals surface area (Å²) >= 11 is 0. The number of carboxylic acids is 2. The van der Waals surface area contributed by atoms with Crippen LogP contribution in [0, 0.1) is 0 Å². The molecule has 0 aromatic rings. The molecule has 0 rings (SSSR count). The Bertz CT molecular complexity index is 770. The molecule has 4 amide bonds. The third kappa shape index (κ3) is 25.3. The van der Waals surface area contributed by atoms with Gasteiger partial charge in [0.15, 0.2) is 0 Å². The zero-order valence-corrected chi connectivity index (χ0v) is 22.6. The van der Waals surface area contributed by atoms with Crippen LogP contribution in [0.1, 0.15) is 13.8 Å². The highest BCUT2D eigenvalue weighted by Gasteiger charge is 2.38. The first-order valence-electron chi connectivity index (χ1n) is 10.6. The van der Waals surface area contributed by atoms with Crippen molar-refractivity contribution in [3.05, 3.63) is 0 Å². The number of carbonyl (C=O) groups is 6. The number of carbonyl (C=O) groups excluding carboxylic acids is 4. The van der Waals surface area contributed by atoms with E-state index in [-0.39, 0.29) is 36.7 Å². The standard InChI is InChI=1S/C14H28N6O4S2.2C2HF3O2/c1-9(19-11(21)7-15)13(23)17-3-5-25-26-6-4-18-14(24)10(2)20-12(22)8-16;2*3-2(4,5)1(6)7/h9-10H,3-8,15-16H2,1-2H3,(H,17,23)(H,18,24)(H,19,21)(H,20,22);2*(H,6,7)/t9-,10-;;/m0../s1. The van der Waals surface area contributed by atoms with Gasteiger partial charge in [0.25, 0.3) is 0 Å². The maximum Gasteiger partial charge on any atom is 0.490 e. The van der Waals surface area contributed by atoms with Crippen molar-refractivity contribution in [3.8, 4) is 0 Å². The predicted octanol–water partition coefficient (Wildman–Crippen LogP) is -1.21. The molecule has 0 aromatic heterocycles. The molecule has 2 atom stereocenters. The van der Waals surface area contributed by atoms with Crippen molar-refractivity contribution in [2.75, 3.05) is 37.7 Å². The molecule has 0 spiro atoms. The van der Waals surface area contributed by atoms with E-state index >= 15 is 0 Å². The summed E-state index contributed by atoms with van der Waals surface area (Å²) in [5.74, 6) is -5.43. The molecule has 0 radical (unpaired) electrons. The molecule has 0 heterocycles. The van der Waals surface area contributed by atoms with E-state index in [9.17, 15) is 45.5 Å². The highest BCUT2D eigenvalue weighted by molar-refractivity contribution is 8.76. The Morgan fingerprint density at radius 2 is 0.925 bits per heavy atom. The van der Waals surface area contributed by atoms with Crippen LogP contribution in [-0.4, -0.2) is 108 Å². The fourth-order valence-electron chi connectivity index (χ4n) is 1.59. The molecule has 0 aliphatic carbocycles. The minimum absolute atomic E-state index is 0.154. The summed E-state index contributed by atoms with van der Waals surface area (Å²) in [6, 6.07) is -1.25. The molecule has 40 heavy (non-hydrogen) atoms. The summed E-state index contributed by atoms with van der Waals surface area (Å²) in [4.78, 5) is 63.4. The van der Waals surface area contributed by atoms with Gasteiger partial charge in [0, 0.05) is 24.6 Å². The van der Waals surface area contributed by atoms with Gasteiger partial charge in [-0.15, -0.1) is 0 Å². The van der Waals surface area contributed by atoms with Gasteiger partial charge in [0.1, 0.15) is 12.1 Å². The van der Waals surface area contributed by atoms with Gasteiger partial charge in [-0.1, -0.05) is 21.6 Å². The Hall–Kier alpha value is -2.98. The van der Waals surface area contributed by atoms with Crippen molar-refractivity contribution in [2.45, 2.75) is 38.3 Å². The number of nitrogens with one attached hydrogen (secondary N) is 4. The molecular formula is C18H30F6N6O8S2. The molecule has 0 unspecified atom stereocenters. The van der Waals surface area contributed by atoms with Crippen LogP contribution in [-0.2, 0) is 28.8 Å². The van der Waals surface area contributed by atoms with Crippen LogP contribution in [0.4, 0.5) is 26.3 Å². The summed E-state index contributed by atoms with van der Waals surface area (Å²) in [6.45, 7) is 3.80. The zero-order chi connectivity index (χ0) is 32.1. The van der Waals surface area contributed by atoms with Crippen molar-refractivity contribution >= 4 is 57.2 Å². The average molecular weight is 637 g/mol. The molecule has 0 saturated heterocycles. The van der Waals surface area contributed by atoms with E-state index in [1.165, 1.54) is 0 Å². The van der Waals surface area contributed by atoms with Crippen LogP contribution in [0.3, 0.4) is 0 Å². The molecule has 0 aliphatic rings. The first kappa shape index (κ1) is 41.5. The Labute approximate surface area is 231 Å². The molecule has 234 valence electrons. The number of rotatable bonds is 13. The quantitative estimate of drug-likeness (QED) is 0.0675. The number of aliphatic carboxylic acids is 2. The van der Waals surface area contributed by atoms with E-state index in [1.54, 1.807) is 35.4 Å². The van der Waals surface area contributed by atoms with Gasteiger partial charge >= 0.3 is 24.3 Å². The van der Waals surface area contributed by atoms with Crippen molar-refractivity contribution < 1.29 is 65.3 Å². The number of nitrogens with two attached hydrogens (primary N) is 2. The van der Waals surface area contributed by atoms with Crippen molar-refractivity contribution in [2.24, 2.45) is 11.5 Å². The van der Waals surface area contributed by atoms with Crippen LogP contribution < -0.4 is 32.7 Å². The maximum atomic E-state index is 11.7. The number of carboxylic acid groups (broad SMARTS) is 2. The van der Waals surface area contributed by atoms with Gasteiger partial charge < -0.3 is 42.9 Å². The first-order valence-corrected chi connectivity index (χ1v) is 13.1. The largest absolute Gasteiger partial charge is 0.490 e. The number of alkyl halides is 6. The number of halogens is 6. The molecule has 22 heteroatoms. The highest BCUT2D eigenvalue weighted by Crippen LogP contribution is 2.19. The molecular weight excluding hydrogens is 606 g/mol. The summed E-state index contributed by atoms with van der Waals surface area (Å²) < 4.78 is 63.5. The van der Waals surface area contributed by atoms with Crippen LogP contribution in [0.25, 0.3) is 0 Å².